The summed E-state index contributed by atoms with van der Waals surface area (Å²) in [6, 6.07) is 6.36. The Morgan fingerprint density at radius 2 is 2.08 bits per heavy atom. The second-order valence-corrected chi connectivity index (χ2v) is 6.31. The number of esters is 1. The number of anilines is 1. The number of hydrogen-bond acceptors (Lipinski definition) is 6. The summed E-state index contributed by atoms with van der Waals surface area (Å²) in [7, 11) is 0. The molecule has 25 heavy (non-hydrogen) atoms. The van der Waals surface area contributed by atoms with Gasteiger partial charge in [0.25, 0.3) is 0 Å². The zero-order valence-electron chi connectivity index (χ0n) is 13.5. The third-order valence-electron chi connectivity index (χ3n) is 5.04. The molecule has 2 saturated heterocycles. The van der Waals surface area contributed by atoms with Crippen molar-refractivity contribution in [1.82, 2.24) is 0 Å². The van der Waals surface area contributed by atoms with Crippen LogP contribution >= 0.6 is 0 Å². The van der Waals surface area contributed by atoms with E-state index in [0.29, 0.717) is 0 Å². The van der Waals surface area contributed by atoms with Crippen LogP contribution < -0.4 is 4.90 Å². The van der Waals surface area contributed by atoms with Gasteiger partial charge in [0.2, 0.25) is 11.8 Å². The van der Waals surface area contributed by atoms with E-state index in [9.17, 15) is 19.5 Å². The highest BCUT2D eigenvalue weighted by atomic mass is 16.5. The topological polar surface area (TPSA) is 93.1 Å². The van der Waals surface area contributed by atoms with Gasteiger partial charge in [0, 0.05) is 0 Å². The summed E-state index contributed by atoms with van der Waals surface area (Å²) in [6.45, 7) is 1.49. The molecule has 3 aliphatic rings. The number of carbonyl (C=O) groups is 3. The lowest BCUT2D eigenvalue weighted by molar-refractivity contribution is -0.128. The van der Waals surface area contributed by atoms with Crippen molar-refractivity contribution in [3.8, 4) is 0 Å². The number of benzene rings is 1. The Morgan fingerprint density at radius 1 is 1.32 bits per heavy atom. The Balaban J connectivity index is 1.76. The molecule has 2 bridgehead atoms. The Bertz CT molecular complexity index is 803. The molecule has 4 rings (SSSR count). The lowest BCUT2D eigenvalue weighted by Gasteiger charge is -2.26. The van der Waals surface area contributed by atoms with Gasteiger partial charge in [0.1, 0.15) is 5.60 Å². The molecule has 0 saturated carbocycles. The molecular formula is C18H17NO6. The van der Waals surface area contributed by atoms with E-state index in [2.05, 4.69) is 0 Å². The standard InChI is InChI=1S/C18H17NO6/c1-2-24-17(23)10-5-3-4-6-11(10)19-15(21)13-12-7-8-18(9-20,25-12)14(13)16(19)22/h3-8,12-14,20H,2,9H2,1H3/t12-,13-,14+,18+/m1/s1. The van der Waals surface area contributed by atoms with Crippen LogP contribution in [0.2, 0.25) is 0 Å². The number of nitrogens with zero attached hydrogens (tertiary/aromatic N) is 1. The molecule has 0 radical (unpaired) electrons. The van der Waals surface area contributed by atoms with E-state index in [1.54, 1.807) is 37.3 Å². The number of hydrogen-bond donors (Lipinski definition) is 1. The molecule has 0 aliphatic carbocycles. The van der Waals surface area contributed by atoms with Crippen LogP contribution in [0.1, 0.15) is 17.3 Å². The van der Waals surface area contributed by atoms with Crippen LogP contribution in [0.5, 0.6) is 0 Å². The van der Waals surface area contributed by atoms with Crippen LogP contribution in [0.25, 0.3) is 0 Å². The number of rotatable bonds is 4. The van der Waals surface area contributed by atoms with Gasteiger partial charge >= 0.3 is 5.97 Å². The summed E-state index contributed by atoms with van der Waals surface area (Å²) in [4.78, 5) is 39.2. The number of aliphatic hydroxyl groups is 1. The first-order chi connectivity index (χ1) is 12.0. The van der Waals surface area contributed by atoms with E-state index in [4.69, 9.17) is 9.47 Å². The van der Waals surface area contributed by atoms with Gasteiger partial charge < -0.3 is 14.6 Å². The van der Waals surface area contributed by atoms with Crippen molar-refractivity contribution < 1.29 is 29.0 Å². The maximum atomic E-state index is 13.0. The van der Waals surface area contributed by atoms with Crippen molar-refractivity contribution in [2.45, 2.75) is 18.6 Å². The minimum absolute atomic E-state index is 0.158. The average molecular weight is 343 g/mol. The number of aliphatic hydroxyl groups excluding tert-OH is 1. The third kappa shape index (κ3) is 2.03. The van der Waals surface area contributed by atoms with Crippen LogP contribution in [0.4, 0.5) is 5.69 Å². The highest BCUT2D eigenvalue weighted by molar-refractivity contribution is 6.25. The molecular weight excluding hydrogens is 326 g/mol. The van der Waals surface area contributed by atoms with Crippen LogP contribution in [0.3, 0.4) is 0 Å². The van der Waals surface area contributed by atoms with E-state index in [1.807, 2.05) is 0 Å². The number of amides is 2. The Labute approximate surface area is 143 Å². The maximum Gasteiger partial charge on any atom is 0.340 e. The second-order valence-electron chi connectivity index (χ2n) is 6.31. The summed E-state index contributed by atoms with van der Waals surface area (Å²) < 4.78 is 10.7. The summed E-state index contributed by atoms with van der Waals surface area (Å²) in [5, 5.41) is 9.73. The quantitative estimate of drug-likeness (QED) is 0.491. The van der Waals surface area contributed by atoms with Crippen LogP contribution in [-0.2, 0) is 19.1 Å². The van der Waals surface area contributed by atoms with E-state index in [-0.39, 0.29) is 24.5 Å². The predicted octanol–water partition coefficient (Wildman–Crippen LogP) is 0.669. The summed E-state index contributed by atoms with van der Waals surface area (Å²) in [5.74, 6) is -2.94. The summed E-state index contributed by atoms with van der Waals surface area (Å²) >= 11 is 0. The van der Waals surface area contributed by atoms with Crippen LogP contribution in [-0.4, -0.2) is 47.8 Å². The molecule has 4 atom stereocenters. The fraction of sp³-hybridized carbons (Fsp3) is 0.389. The molecule has 7 heteroatoms. The molecule has 2 amide bonds. The molecule has 2 fully saturated rings. The minimum Gasteiger partial charge on any atom is -0.462 e. The van der Waals surface area contributed by atoms with Gasteiger partial charge in [-0.3, -0.25) is 9.59 Å². The van der Waals surface area contributed by atoms with E-state index >= 15 is 0 Å². The molecule has 7 nitrogen and oxygen atoms in total. The lowest BCUT2D eigenvalue weighted by atomic mass is 9.77. The largest absolute Gasteiger partial charge is 0.462 e. The van der Waals surface area contributed by atoms with E-state index in [1.165, 1.54) is 6.07 Å². The fourth-order valence-electron chi connectivity index (χ4n) is 3.97. The minimum atomic E-state index is -1.16. The first-order valence-electron chi connectivity index (χ1n) is 8.16. The smallest absolute Gasteiger partial charge is 0.340 e. The molecule has 1 N–H and O–H groups in total. The molecule has 1 aromatic carbocycles. The van der Waals surface area contributed by atoms with Gasteiger partial charge in [0.15, 0.2) is 0 Å². The van der Waals surface area contributed by atoms with E-state index < -0.39 is 41.3 Å². The predicted molar refractivity (Wildman–Crippen MR) is 85.7 cm³/mol. The van der Waals surface area contributed by atoms with Crippen LogP contribution in [0, 0.1) is 11.8 Å². The van der Waals surface area contributed by atoms with Crippen molar-refractivity contribution in [2.24, 2.45) is 11.8 Å². The van der Waals surface area contributed by atoms with Crippen molar-refractivity contribution in [3.63, 3.8) is 0 Å². The van der Waals surface area contributed by atoms with Crippen molar-refractivity contribution >= 4 is 23.5 Å². The number of imide groups is 1. The van der Waals surface area contributed by atoms with Gasteiger partial charge in [-0.15, -0.1) is 0 Å². The Hall–Kier alpha value is -2.51. The molecule has 0 aromatic heterocycles. The van der Waals surface area contributed by atoms with Crippen molar-refractivity contribution in [3.05, 3.63) is 42.0 Å². The SMILES string of the molecule is CCOC(=O)c1ccccc1N1C(=O)[C@H]2[C@@H](C1=O)[C@@]1(CO)C=C[C@H]2O1. The van der Waals surface area contributed by atoms with Gasteiger partial charge in [-0.1, -0.05) is 24.3 Å². The molecule has 130 valence electrons. The number of carbonyl (C=O) groups excluding carboxylic acids is 3. The zero-order chi connectivity index (χ0) is 17.8. The first-order valence-corrected chi connectivity index (χ1v) is 8.16. The van der Waals surface area contributed by atoms with Gasteiger partial charge in [-0.05, 0) is 19.1 Å². The molecule has 0 unspecified atom stereocenters. The van der Waals surface area contributed by atoms with Crippen molar-refractivity contribution in [2.75, 3.05) is 18.1 Å². The van der Waals surface area contributed by atoms with Gasteiger partial charge in [-0.2, -0.15) is 0 Å². The summed E-state index contributed by atoms with van der Waals surface area (Å²) in [6.07, 6.45) is 2.84. The fourth-order valence-corrected chi connectivity index (χ4v) is 3.97. The average Bonchev–Trinajstić information content (AvgIpc) is 3.26. The van der Waals surface area contributed by atoms with Gasteiger partial charge in [-0.25, -0.2) is 9.69 Å². The third-order valence-corrected chi connectivity index (χ3v) is 5.04. The highest BCUT2D eigenvalue weighted by Crippen LogP contribution is 2.52. The summed E-state index contributed by atoms with van der Waals surface area (Å²) in [5.41, 5.74) is -0.793. The Kier molecular flexibility index (Phi) is 3.52. The van der Waals surface area contributed by atoms with Crippen molar-refractivity contribution in [1.29, 1.82) is 0 Å². The highest BCUT2D eigenvalue weighted by Gasteiger charge is 2.67. The molecule has 3 heterocycles. The Morgan fingerprint density at radius 3 is 2.80 bits per heavy atom. The second kappa shape index (κ2) is 5.50. The molecule has 0 spiro atoms. The number of fused-ring (bicyclic) bond motifs is 5. The monoisotopic (exact) mass is 343 g/mol. The van der Waals surface area contributed by atoms with Crippen LogP contribution in [0.15, 0.2) is 36.4 Å². The van der Waals surface area contributed by atoms with E-state index in [0.717, 1.165) is 4.90 Å². The van der Waals surface area contributed by atoms with Gasteiger partial charge in [0.05, 0.1) is 42.4 Å². The number of para-hydroxylation sites is 1. The number of ether oxygens (including phenoxy) is 2. The lowest BCUT2D eigenvalue weighted by Crippen LogP contribution is -2.43. The molecule has 1 aromatic rings. The zero-order valence-corrected chi connectivity index (χ0v) is 13.5. The maximum absolute atomic E-state index is 13.0. The molecule has 3 aliphatic heterocycles. The first kappa shape index (κ1) is 16.0. The normalized spacial score (nSPS) is 32.4.